The molecule has 0 amide bonds. The van der Waals surface area contributed by atoms with Gasteiger partial charge in [0.1, 0.15) is 0 Å². The Kier molecular flexibility index (Phi) is 3.32. The molecule has 2 N–H and O–H groups in total. The van der Waals surface area contributed by atoms with Crippen molar-refractivity contribution < 1.29 is 37.8 Å². The minimum Gasteiger partial charge on any atom is -0.447 e. The molecular formula is C7H6N3OY-. The van der Waals surface area contributed by atoms with Crippen molar-refractivity contribution in [1.29, 1.82) is 0 Å². The van der Waals surface area contributed by atoms with Crippen molar-refractivity contribution in [3.8, 4) is 0 Å². The molecule has 0 aliphatic carbocycles. The van der Waals surface area contributed by atoms with Crippen LogP contribution in [0.5, 0.6) is 0 Å². The Morgan fingerprint density at radius 3 is 3.17 bits per heavy atom. The molecule has 0 bridgehead atoms. The van der Waals surface area contributed by atoms with Crippen LogP contribution in [0, 0.1) is 6.20 Å². The van der Waals surface area contributed by atoms with Gasteiger partial charge in [-0.25, -0.2) is 0 Å². The van der Waals surface area contributed by atoms with Crippen LogP contribution in [0.1, 0.15) is 5.56 Å². The average Bonchev–Trinajstić information content (AvgIpc) is 2.47. The number of rotatable bonds is 1. The zero-order chi connectivity index (χ0) is 7.68. The van der Waals surface area contributed by atoms with Crippen LogP contribution in [0.25, 0.3) is 11.2 Å². The van der Waals surface area contributed by atoms with Crippen molar-refractivity contribution in [3.63, 3.8) is 0 Å². The summed E-state index contributed by atoms with van der Waals surface area (Å²) in [5, 5.41) is 8.82. The van der Waals surface area contributed by atoms with Gasteiger partial charge in [-0.2, -0.15) is 0 Å². The molecule has 0 saturated heterocycles. The summed E-state index contributed by atoms with van der Waals surface area (Å²) in [7, 11) is 0. The number of aliphatic hydroxyl groups excluding tert-OH is 1. The number of nitrogens with one attached hydrogen (secondary N) is 1. The predicted octanol–water partition coefficient (Wildman–Crippen LogP) is 0.248. The molecular weight excluding hydrogens is 231 g/mol. The summed E-state index contributed by atoms with van der Waals surface area (Å²) in [6.45, 7) is -0.0213. The van der Waals surface area contributed by atoms with E-state index in [4.69, 9.17) is 5.11 Å². The van der Waals surface area contributed by atoms with Crippen LogP contribution in [0.4, 0.5) is 0 Å². The van der Waals surface area contributed by atoms with Crippen molar-refractivity contribution >= 4 is 11.2 Å². The van der Waals surface area contributed by atoms with Gasteiger partial charge in [-0.05, 0) is 17.9 Å². The van der Waals surface area contributed by atoms with Crippen LogP contribution in [0.15, 0.2) is 12.4 Å². The molecule has 0 saturated carbocycles. The molecule has 59 valence electrons. The zero-order valence-electron chi connectivity index (χ0n) is 6.28. The third kappa shape index (κ3) is 1.55. The molecule has 2 rings (SSSR count). The van der Waals surface area contributed by atoms with Gasteiger partial charge in [0.15, 0.2) is 0 Å². The topological polar surface area (TPSA) is 61.8 Å². The third-order valence-corrected chi connectivity index (χ3v) is 1.51. The molecule has 0 aromatic carbocycles. The van der Waals surface area contributed by atoms with Crippen molar-refractivity contribution in [2.45, 2.75) is 6.61 Å². The molecule has 2 aromatic heterocycles. The van der Waals surface area contributed by atoms with Gasteiger partial charge in [-0.1, -0.05) is 5.56 Å². The van der Waals surface area contributed by atoms with E-state index >= 15 is 0 Å². The molecule has 0 unspecified atom stereocenters. The fourth-order valence-corrected chi connectivity index (χ4v) is 0.975. The van der Waals surface area contributed by atoms with E-state index in [0.717, 1.165) is 5.56 Å². The van der Waals surface area contributed by atoms with Gasteiger partial charge in [0, 0.05) is 32.7 Å². The zero-order valence-corrected chi connectivity index (χ0v) is 9.12. The minimum atomic E-state index is -0.0213. The van der Waals surface area contributed by atoms with Gasteiger partial charge < -0.3 is 15.1 Å². The van der Waals surface area contributed by atoms with E-state index in [9.17, 15) is 0 Å². The van der Waals surface area contributed by atoms with Gasteiger partial charge in [0.25, 0.3) is 0 Å². The standard InChI is InChI=1S/C7H6N3O.Y/c11-4-5-3-10-7-6(5)8-1-2-9-7;/h2-3,11H,4H2,(H,9,10);/q-1;. The van der Waals surface area contributed by atoms with Gasteiger partial charge in [-0.3, -0.25) is 4.98 Å². The molecule has 1 radical (unpaired) electrons. The first kappa shape index (κ1) is 9.77. The predicted molar refractivity (Wildman–Crippen MR) is 38.6 cm³/mol. The van der Waals surface area contributed by atoms with E-state index in [1.54, 1.807) is 6.20 Å². The summed E-state index contributed by atoms with van der Waals surface area (Å²) >= 11 is 0. The molecule has 0 aliphatic heterocycles. The van der Waals surface area contributed by atoms with Crippen molar-refractivity contribution in [1.82, 2.24) is 15.0 Å². The Labute approximate surface area is 94.3 Å². The minimum absolute atomic E-state index is 0. The molecule has 12 heavy (non-hydrogen) atoms. The number of aliphatic hydroxyl groups is 1. The van der Waals surface area contributed by atoms with Gasteiger partial charge in [0.05, 0.1) is 12.3 Å². The number of aromatic amines is 1. The van der Waals surface area contributed by atoms with Crippen LogP contribution in [-0.4, -0.2) is 20.1 Å². The van der Waals surface area contributed by atoms with Gasteiger partial charge in [-0.15, -0.1) is 6.20 Å². The number of aromatic nitrogens is 3. The summed E-state index contributed by atoms with van der Waals surface area (Å²) in [5.41, 5.74) is 2.13. The van der Waals surface area contributed by atoms with E-state index < -0.39 is 0 Å². The molecule has 0 atom stereocenters. The fourth-order valence-electron chi connectivity index (χ4n) is 0.975. The second kappa shape index (κ2) is 4.07. The van der Waals surface area contributed by atoms with E-state index in [2.05, 4.69) is 21.1 Å². The first-order valence-corrected chi connectivity index (χ1v) is 3.21. The maximum absolute atomic E-state index is 8.82. The van der Waals surface area contributed by atoms with E-state index in [1.807, 2.05) is 0 Å². The normalized spacial score (nSPS) is 9.75. The first-order valence-electron chi connectivity index (χ1n) is 3.21. The van der Waals surface area contributed by atoms with Crippen LogP contribution < -0.4 is 0 Å². The number of hydrogen-bond acceptors (Lipinski definition) is 3. The summed E-state index contributed by atoms with van der Waals surface area (Å²) in [5.74, 6) is 0. The quantitative estimate of drug-likeness (QED) is 0.699. The average molecular weight is 237 g/mol. The van der Waals surface area contributed by atoms with Crippen LogP contribution in [0.2, 0.25) is 0 Å². The second-order valence-corrected chi connectivity index (χ2v) is 2.17. The molecule has 0 spiro atoms. The number of hydrogen-bond donors (Lipinski definition) is 2. The Bertz CT molecular complexity index is 373. The first-order chi connectivity index (χ1) is 5.42. The number of H-pyrrole nitrogens is 1. The molecule has 5 heteroatoms. The summed E-state index contributed by atoms with van der Waals surface area (Å²) < 4.78 is 0. The Morgan fingerprint density at radius 2 is 2.42 bits per heavy atom. The Balaban J connectivity index is 0.000000720. The Morgan fingerprint density at radius 1 is 1.58 bits per heavy atom. The largest absolute Gasteiger partial charge is 0.447 e. The van der Waals surface area contributed by atoms with E-state index in [-0.39, 0.29) is 39.3 Å². The van der Waals surface area contributed by atoms with Crippen molar-refractivity contribution in [3.05, 3.63) is 24.2 Å². The molecule has 0 fully saturated rings. The monoisotopic (exact) mass is 237 g/mol. The fraction of sp³-hybridized carbons (Fsp3) is 0.143. The molecule has 2 heterocycles. The van der Waals surface area contributed by atoms with Crippen LogP contribution >= 0.6 is 0 Å². The summed E-state index contributed by atoms with van der Waals surface area (Å²) in [6.07, 6.45) is 5.78. The molecule has 2 aromatic rings. The van der Waals surface area contributed by atoms with Gasteiger partial charge >= 0.3 is 0 Å². The smallest absolute Gasteiger partial charge is 0.0693 e. The molecule has 4 nitrogen and oxygen atoms in total. The van der Waals surface area contributed by atoms with E-state index in [0.29, 0.717) is 11.2 Å². The van der Waals surface area contributed by atoms with E-state index in [1.165, 1.54) is 6.20 Å². The van der Waals surface area contributed by atoms with Crippen LogP contribution in [0.3, 0.4) is 0 Å². The number of nitrogens with zero attached hydrogens (tertiary/aromatic N) is 2. The van der Waals surface area contributed by atoms with Crippen molar-refractivity contribution in [2.24, 2.45) is 0 Å². The second-order valence-electron chi connectivity index (χ2n) is 2.17. The third-order valence-electron chi connectivity index (χ3n) is 1.51. The summed E-state index contributed by atoms with van der Waals surface area (Å²) in [4.78, 5) is 10.8. The molecule has 0 aliphatic rings. The SMILES string of the molecule is OCc1c[nH]c2nc[c-]nc12.[Y]. The summed E-state index contributed by atoms with van der Waals surface area (Å²) in [6, 6.07) is 0. The maximum atomic E-state index is 8.82. The Hall–Kier alpha value is -0.316. The van der Waals surface area contributed by atoms with Crippen LogP contribution in [-0.2, 0) is 39.3 Å². The number of fused-ring (bicyclic) bond motifs is 1. The van der Waals surface area contributed by atoms with Crippen molar-refractivity contribution in [2.75, 3.05) is 0 Å². The van der Waals surface area contributed by atoms with Gasteiger partial charge in [0.2, 0.25) is 0 Å². The maximum Gasteiger partial charge on any atom is 0.0693 e.